The number of hydrogen-bond acceptors (Lipinski definition) is 6. The van der Waals surface area contributed by atoms with Gasteiger partial charge >= 0.3 is 0 Å². The van der Waals surface area contributed by atoms with Crippen LogP contribution in [0.2, 0.25) is 0 Å². The summed E-state index contributed by atoms with van der Waals surface area (Å²) >= 11 is 0. The Hall–Kier alpha value is -4.10. The number of amides is 1. The number of para-hydroxylation sites is 1. The van der Waals surface area contributed by atoms with E-state index < -0.39 is 17.7 Å². The molecule has 4 rings (SSSR count). The Bertz CT molecular complexity index is 1320. The maximum absolute atomic E-state index is 13.4. The van der Waals surface area contributed by atoms with Crippen molar-refractivity contribution < 1.29 is 24.2 Å². The van der Waals surface area contributed by atoms with Crippen LogP contribution in [-0.4, -0.2) is 60.4 Å². The van der Waals surface area contributed by atoms with Crippen molar-refractivity contribution in [3.63, 3.8) is 0 Å². The van der Waals surface area contributed by atoms with Crippen molar-refractivity contribution in [2.75, 3.05) is 33.8 Å². The predicted octanol–water partition coefficient (Wildman–Crippen LogP) is 6.03. The zero-order valence-electron chi connectivity index (χ0n) is 22.8. The summed E-state index contributed by atoms with van der Waals surface area (Å²) in [5, 5.41) is 11.5. The summed E-state index contributed by atoms with van der Waals surface area (Å²) in [5.41, 5.74) is 1.17. The minimum atomic E-state index is -0.754. The summed E-state index contributed by atoms with van der Waals surface area (Å²) in [6.45, 7) is 3.77. The Morgan fingerprint density at radius 2 is 1.62 bits per heavy atom. The molecule has 204 valence electrons. The van der Waals surface area contributed by atoms with Crippen LogP contribution in [0.1, 0.15) is 43.4 Å². The molecule has 0 aliphatic carbocycles. The van der Waals surface area contributed by atoms with Gasteiger partial charge in [-0.25, -0.2) is 0 Å². The topological polar surface area (TPSA) is 79.3 Å². The SMILES string of the molecule is CCCCOc1cccc(/C(O)=C2\C(=O)C(=O)N(CCCN(C)C)C2c2cccc(Oc3ccccc3)c2)c1. The van der Waals surface area contributed by atoms with Crippen molar-refractivity contribution in [2.45, 2.75) is 32.2 Å². The summed E-state index contributed by atoms with van der Waals surface area (Å²) < 4.78 is 11.8. The molecule has 39 heavy (non-hydrogen) atoms. The normalized spacial score (nSPS) is 16.6. The zero-order chi connectivity index (χ0) is 27.8. The minimum Gasteiger partial charge on any atom is -0.507 e. The van der Waals surface area contributed by atoms with Gasteiger partial charge in [0, 0.05) is 12.1 Å². The van der Waals surface area contributed by atoms with Gasteiger partial charge in [0.15, 0.2) is 0 Å². The zero-order valence-corrected chi connectivity index (χ0v) is 22.8. The lowest BCUT2D eigenvalue weighted by atomic mass is 9.95. The van der Waals surface area contributed by atoms with Gasteiger partial charge in [-0.1, -0.05) is 55.8 Å². The number of ether oxygens (including phenoxy) is 2. The van der Waals surface area contributed by atoms with Crippen molar-refractivity contribution in [1.82, 2.24) is 9.80 Å². The second-order valence-electron chi connectivity index (χ2n) is 9.87. The van der Waals surface area contributed by atoms with Gasteiger partial charge in [0.2, 0.25) is 0 Å². The van der Waals surface area contributed by atoms with E-state index in [4.69, 9.17) is 9.47 Å². The van der Waals surface area contributed by atoms with Crippen LogP contribution in [0.25, 0.3) is 5.76 Å². The molecule has 1 atom stereocenters. The standard InChI is InChI=1S/C32H36N2O5/c1-4-5-20-38-26-16-10-13-24(22-26)30(35)28-29(34(32(37)31(28)36)19-11-18-33(2)3)23-12-9-17-27(21-23)39-25-14-7-6-8-15-25/h6-10,12-17,21-22,29,35H,4-5,11,18-20H2,1-3H3/b30-28+. The molecule has 1 saturated heterocycles. The van der Waals surface area contributed by atoms with Crippen molar-refractivity contribution >= 4 is 17.4 Å². The molecule has 0 saturated carbocycles. The van der Waals surface area contributed by atoms with Crippen LogP contribution in [0.5, 0.6) is 17.2 Å². The van der Waals surface area contributed by atoms with E-state index in [2.05, 4.69) is 6.92 Å². The largest absolute Gasteiger partial charge is 0.507 e. The van der Waals surface area contributed by atoms with Gasteiger partial charge < -0.3 is 24.4 Å². The molecular weight excluding hydrogens is 492 g/mol. The van der Waals surface area contributed by atoms with E-state index in [1.807, 2.05) is 79.7 Å². The first-order chi connectivity index (χ1) is 18.9. The second kappa shape index (κ2) is 13.1. The number of Topliss-reactive ketones (excluding diaryl/α,β-unsaturated/α-hetero) is 1. The van der Waals surface area contributed by atoms with Crippen molar-refractivity contribution in [3.05, 3.63) is 95.6 Å². The number of carbonyl (C=O) groups excluding carboxylic acids is 2. The fourth-order valence-corrected chi connectivity index (χ4v) is 4.61. The molecule has 0 spiro atoms. The highest BCUT2D eigenvalue weighted by atomic mass is 16.5. The lowest BCUT2D eigenvalue weighted by Crippen LogP contribution is -2.32. The molecule has 1 fully saturated rings. The predicted molar refractivity (Wildman–Crippen MR) is 152 cm³/mol. The number of benzene rings is 3. The molecule has 3 aromatic rings. The van der Waals surface area contributed by atoms with E-state index in [0.717, 1.165) is 19.4 Å². The molecule has 1 unspecified atom stereocenters. The first kappa shape index (κ1) is 27.9. The molecule has 0 aromatic heterocycles. The fourth-order valence-electron chi connectivity index (χ4n) is 4.61. The smallest absolute Gasteiger partial charge is 0.295 e. The number of likely N-dealkylation sites (tertiary alicyclic amines) is 1. The highest BCUT2D eigenvalue weighted by Gasteiger charge is 2.46. The summed E-state index contributed by atoms with van der Waals surface area (Å²) in [4.78, 5) is 30.3. The Balaban J connectivity index is 1.74. The molecule has 1 N–H and O–H groups in total. The summed E-state index contributed by atoms with van der Waals surface area (Å²) in [5.74, 6) is 0.309. The Morgan fingerprint density at radius 3 is 2.36 bits per heavy atom. The number of hydrogen-bond donors (Lipinski definition) is 1. The molecule has 7 nitrogen and oxygen atoms in total. The van der Waals surface area contributed by atoms with Crippen molar-refractivity contribution in [2.24, 2.45) is 0 Å². The van der Waals surface area contributed by atoms with Crippen LogP contribution in [0, 0.1) is 0 Å². The van der Waals surface area contributed by atoms with E-state index in [0.29, 0.717) is 47.9 Å². The third-order valence-electron chi connectivity index (χ3n) is 6.57. The first-order valence-corrected chi connectivity index (χ1v) is 13.4. The van der Waals surface area contributed by atoms with E-state index in [-0.39, 0.29) is 11.3 Å². The molecule has 1 amide bonds. The monoisotopic (exact) mass is 528 g/mol. The van der Waals surface area contributed by atoms with Crippen molar-refractivity contribution in [3.8, 4) is 17.2 Å². The van der Waals surface area contributed by atoms with Gasteiger partial charge in [0.25, 0.3) is 11.7 Å². The lowest BCUT2D eigenvalue weighted by Gasteiger charge is -2.26. The second-order valence-corrected chi connectivity index (χ2v) is 9.87. The van der Waals surface area contributed by atoms with Crippen molar-refractivity contribution in [1.29, 1.82) is 0 Å². The summed E-state index contributed by atoms with van der Waals surface area (Å²) in [7, 11) is 3.93. The van der Waals surface area contributed by atoms with Gasteiger partial charge in [-0.2, -0.15) is 0 Å². The van der Waals surface area contributed by atoms with E-state index in [1.54, 1.807) is 23.1 Å². The maximum atomic E-state index is 13.4. The lowest BCUT2D eigenvalue weighted by molar-refractivity contribution is -0.139. The van der Waals surface area contributed by atoms with Gasteiger partial charge in [0.1, 0.15) is 23.0 Å². The molecule has 1 heterocycles. The average molecular weight is 529 g/mol. The van der Waals surface area contributed by atoms with Crippen LogP contribution in [0.15, 0.2) is 84.4 Å². The van der Waals surface area contributed by atoms with E-state index >= 15 is 0 Å². The van der Waals surface area contributed by atoms with Crippen LogP contribution >= 0.6 is 0 Å². The van der Waals surface area contributed by atoms with E-state index in [1.165, 1.54) is 0 Å². The third kappa shape index (κ3) is 6.86. The van der Waals surface area contributed by atoms with E-state index in [9.17, 15) is 14.7 Å². The van der Waals surface area contributed by atoms with Gasteiger partial charge in [-0.05, 0) is 75.4 Å². The quantitative estimate of drug-likeness (QED) is 0.134. The molecule has 3 aromatic carbocycles. The fraction of sp³-hybridized carbons (Fsp3) is 0.312. The van der Waals surface area contributed by atoms with Crippen LogP contribution in [-0.2, 0) is 9.59 Å². The summed E-state index contributed by atoms with van der Waals surface area (Å²) in [6.07, 6.45) is 2.59. The van der Waals surface area contributed by atoms with Crippen LogP contribution in [0.4, 0.5) is 0 Å². The molecule has 1 aliphatic rings. The average Bonchev–Trinajstić information content (AvgIpc) is 3.18. The third-order valence-corrected chi connectivity index (χ3v) is 6.57. The van der Waals surface area contributed by atoms with Gasteiger partial charge in [-0.3, -0.25) is 9.59 Å². The molecular formula is C32H36N2O5. The molecule has 7 heteroatoms. The van der Waals surface area contributed by atoms with Crippen LogP contribution in [0.3, 0.4) is 0 Å². The number of aliphatic hydroxyl groups is 1. The maximum Gasteiger partial charge on any atom is 0.295 e. The number of aliphatic hydroxyl groups excluding tert-OH is 1. The van der Waals surface area contributed by atoms with Gasteiger partial charge in [0.05, 0.1) is 18.2 Å². The summed E-state index contributed by atoms with van der Waals surface area (Å²) in [6, 6.07) is 23.0. The Morgan fingerprint density at radius 1 is 0.897 bits per heavy atom. The highest BCUT2D eigenvalue weighted by molar-refractivity contribution is 6.46. The molecule has 0 radical (unpaired) electrons. The highest BCUT2D eigenvalue weighted by Crippen LogP contribution is 2.41. The number of nitrogens with zero attached hydrogens (tertiary/aromatic N) is 2. The number of unbranched alkanes of at least 4 members (excludes halogenated alkanes) is 1. The number of ketones is 1. The Kier molecular flexibility index (Phi) is 9.39. The number of rotatable bonds is 12. The molecule has 1 aliphatic heterocycles. The number of carbonyl (C=O) groups is 2. The van der Waals surface area contributed by atoms with Gasteiger partial charge in [-0.15, -0.1) is 0 Å². The van der Waals surface area contributed by atoms with Crippen LogP contribution < -0.4 is 9.47 Å². The molecule has 0 bridgehead atoms. The minimum absolute atomic E-state index is 0.0624. The Labute approximate surface area is 230 Å². The first-order valence-electron chi connectivity index (χ1n) is 13.4.